The van der Waals surface area contributed by atoms with E-state index in [4.69, 9.17) is 4.84 Å². The van der Waals surface area contributed by atoms with Gasteiger partial charge in [0.15, 0.2) is 0 Å². The van der Waals surface area contributed by atoms with Crippen molar-refractivity contribution in [1.29, 1.82) is 0 Å². The van der Waals surface area contributed by atoms with Crippen molar-refractivity contribution < 1.29 is 14.4 Å². The van der Waals surface area contributed by atoms with Crippen molar-refractivity contribution in [1.82, 2.24) is 9.96 Å². The summed E-state index contributed by atoms with van der Waals surface area (Å²) >= 11 is 0. The molecule has 0 heterocycles. The molecule has 5 nitrogen and oxygen atoms in total. The third kappa shape index (κ3) is 8.17. The minimum Gasteiger partial charge on any atom is -0.339 e. The average Bonchev–Trinajstić information content (AvgIpc) is 2.74. The molecule has 0 atom stereocenters. The van der Waals surface area contributed by atoms with Crippen molar-refractivity contribution in [2.45, 2.75) is 77.7 Å². The van der Waals surface area contributed by atoms with Crippen LogP contribution in [0.4, 0.5) is 0 Å². The Labute approximate surface area is 176 Å². The average molecular weight is 403 g/mol. The van der Waals surface area contributed by atoms with Gasteiger partial charge in [0.2, 0.25) is 5.91 Å². The molecule has 29 heavy (non-hydrogen) atoms. The van der Waals surface area contributed by atoms with Gasteiger partial charge >= 0.3 is 0 Å². The molecule has 2 rings (SSSR count). The summed E-state index contributed by atoms with van der Waals surface area (Å²) in [5, 5.41) is 1.65. The topological polar surface area (TPSA) is 49.9 Å². The van der Waals surface area contributed by atoms with Gasteiger partial charge < -0.3 is 4.90 Å². The van der Waals surface area contributed by atoms with Crippen LogP contribution in [0.15, 0.2) is 30.3 Å². The summed E-state index contributed by atoms with van der Waals surface area (Å²) < 4.78 is 0. The quantitative estimate of drug-likeness (QED) is 0.384. The number of hydrogen-bond acceptors (Lipinski definition) is 3. The summed E-state index contributed by atoms with van der Waals surface area (Å²) in [7, 11) is 1.78. The number of nitrogens with zero attached hydrogens (tertiary/aromatic N) is 2. The third-order valence-electron chi connectivity index (χ3n) is 5.60. The van der Waals surface area contributed by atoms with Crippen LogP contribution in [0.5, 0.6) is 0 Å². The van der Waals surface area contributed by atoms with Gasteiger partial charge in [-0.15, -0.1) is 0 Å². The standard InChI is InChI=1S/C24H38N2O3/c1-20(2)12-10-11-17-23(27)26(22-15-8-5-9-16-22)29-19-18-25(3)24(28)21-13-6-4-7-14-21/h4,6-7,13-14,20,22H,5,8-12,15-19H2,1-3H3. The summed E-state index contributed by atoms with van der Waals surface area (Å²) in [4.78, 5) is 32.9. The van der Waals surface area contributed by atoms with Gasteiger partial charge in [0.1, 0.15) is 0 Å². The predicted molar refractivity (Wildman–Crippen MR) is 116 cm³/mol. The van der Waals surface area contributed by atoms with Crippen LogP contribution in [0.1, 0.15) is 82.0 Å². The lowest BCUT2D eigenvalue weighted by Gasteiger charge is -2.33. The Balaban J connectivity index is 1.84. The number of unbranched alkanes of at least 4 members (excludes halogenated alkanes) is 1. The molecule has 1 aliphatic carbocycles. The Morgan fingerprint density at radius 3 is 2.41 bits per heavy atom. The maximum atomic E-state index is 12.8. The molecule has 0 spiro atoms. The summed E-state index contributed by atoms with van der Waals surface area (Å²) in [5.74, 6) is 0.740. The number of hydroxylamine groups is 2. The summed E-state index contributed by atoms with van der Waals surface area (Å²) in [6, 6.07) is 9.43. The first-order chi connectivity index (χ1) is 14.0. The van der Waals surface area contributed by atoms with Crippen LogP contribution in [0, 0.1) is 5.92 Å². The van der Waals surface area contributed by atoms with Crippen LogP contribution in [-0.2, 0) is 9.63 Å². The Kier molecular flexibility index (Phi) is 10.2. The molecule has 1 fully saturated rings. The van der Waals surface area contributed by atoms with E-state index >= 15 is 0 Å². The molecule has 0 bridgehead atoms. The highest BCUT2D eigenvalue weighted by atomic mass is 16.7. The first-order valence-corrected chi connectivity index (χ1v) is 11.2. The van der Waals surface area contributed by atoms with E-state index in [0.29, 0.717) is 31.1 Å². The van der Waals surface area contributed by atoms with Gasteiger partial charge in [-0.25, -0.2) is 5.06 Å². The molecule has 0 aliphatic heterocycles. The van der Waals surface area contributed by atoms with E-state index in [0.717, 1.165) is 44.9 Å². The SMILES string of the molecule is CC(C)CCCCC(=O)N(OCCN(C)C(=O)c1ccccc1)C1CCCCC1. The molecule has 0 saturated heterocycles. The van der Waals surface area contributed by atoms with Crippen LogP contribution in [0.25, 0.3) is 0 Å². The monoisotopic (exact) mass is 402 g/mol. The van der Waals surface area contributed by atoms with Crippen molar-refractivity contribution in [3.8, 4) is 0 Å². The largest absolute Gasteiger partial charge is 0.339 e. The Hall–Kier alpha value is -1.88. The molecular formula is C24H38N2O3. The van der Waals surface area contributed by atoms with Gasteiger partial charge in [-0.1, -0.05) is 64.2 Å². The maximum absolute atomic E-state index is 12.8. The highest BCUT2D eigenvalue weighted by molar-refractivity contribution is 5.93. The number of hydrogen-bond donors (Lipinski definition) is 0. The van der Waals surface area contributed by atoms with Crippen LogP contribution in [0.3, 0.4) is 0 Å². The second-order valence-electron chi connectivity index (χ2n) is 8.58. The zero-order valence-corrected chi connectivity index (χ0v) is 18.4. The highest BCUT2D eigenvalue weighted by Crippen LogP contribution is 2.24. The first-order valence-electron chi connectivity index (χ1n) is 11.2. The Morgan fingerprint density at radius 2 is 1.76 bits per heavy atom. The van der Waals surface area contributed by atoms with Crippen molar-refractivity contribution in [3.05, 3.63) is 35.9 Å². The molecule has 1 aromatic rings. The molecule has 0 N–H and O–H groups in total. The zero-order chi connectivity index (χ0) is 21.1. The lowest BCUT2D eigenvalue weighted by atomic mass is 9.95. The van der Waals surface area contributed by atoms with Crippen LogP contribution < -0.4 is 0 Å². The molecule has 0 radical (unpaired) electrons. The van der Waals surface area contributed by atoms with Gasteiger partial charge in [-0.3, -0.25) is 14.4 Å². The molecule has 1 saturated carbocycles. The van der Waals surface area contributed by atoms with E-state index in [2.05, 4.69) is 13.8 Å². The van der Waals surface area contributed by atoms with Crippen molar-refractivity contribution in [3.63, 3.8) is 0 Å². The summed E-state index contributed by atoms with van der Waals surface area (Å²) in [5.41, 5.74) is 0.667. The molecule has 162 valence electrons. The van der Waals surface area contributed by atoms with Crippen LogP contribution in [-0.4, -0.2) is 48.0 Å². The highest BCUT2D eigenvalue weighted by Gasteiger charge is 2.26. The zero-order valence-electron chi connectivity index (χ0n) is 18.4. The fourth-order valence-corrected chi connectivity index (χ4v) is 3.81. The normalized spacial score (nSPS) is 14.8. The van der Waals surface area contributed by atoms with E-state index in [9.17, 15) is 9.59 Å². The minimum absolute atomic E-state index is 0.0292. The molecule has 0 unspecified atom stereocenters. The maximum Gasteiger partial charge on any atom is 0.253 e. The lowest BCUT2D eigenvalue weighted by molar-refractivity contribution is -0.204. The molecular weight excluding hydrogens is 364 g/mol. The number of carbonyl (C=O) groups excluding carboxylic acids is 2. The van der Waals surface area contributed by atoms with E-state index in [1.54, 1.807) is 17.0 Å². The van der Waals surface area contributed by atoms with Crippen molar-refractivity contribution in [2.24, 2.45) is 5.92 Å². The van der Waals surface area contributed by atoms with Gasteiger partial charge in [0.25, 0.3) is 5.91 Å². The molecule has 1 aromatic carbocycles. The third-order valence-corrected chi connectivity index (χ3v) is 5.60. The van der Waals surface area contributed by atoms with E-state index in [1.807, 2.05) is 30.3 Å². The molecule has 2 amide bonds. The van der Waals surface area contributed by atoms with E-state index < -0.39 is 0 Å². The van der Waals surface area contributed by atoms with Gasteiger partial charge in [0, 0.05) is 25.6 Å². The number of amides is 2. The fraction of sp³-hybridized carbons (Fsp3) is 0.667. The second kappa shape index (κ2) is 12.6. The Morgan fingerprint density at radius 1 is 1.07 bits per heavy atom. The van der Waals surface area contributed by atoms with Crippen molar-refractivity contribution in [2.75, 3.05) is 20.2 Å². The summed E-state index contributed by atoms with van der Waals surface area (Å²) in [6.45, 7) is 5.22. The number of rotatable bonds is 11. The molecule has 1 aliphatic rings. The molecule has 0 aromatic heterocycles. The van der Waals surface area contributed by atoms with Crippen molar-refractivity contribution >= 4 is 11.8 Å². The Bertz CT molecular complexity index is 612. The van der Waals surface area contributed by atoms with Crippen LogP contribution in [0.2, 0.25) is 0 Å². The predicted octanol–water partition coefficient (Wildman–Crippen LogP) is 5.07. The van der Waals surface area contributed by atoms with E-state index in [-0.39, 0.29) is 17.9 Å². The second-order valence-corrected chi connectivity index (χ2v) is 8.58. The van der Waals surface area contributed by atoms with Crippen LogP contribution >= 0.6 is 0 Å². The minimum atomic E-state index is -0.0292. The van der Waals surface area contributed by atoms with Gasteiger partial charge in [-0.05, 0) is 37.3 Å². The molecule has 5 heteroatoms. The number of carbonyl (C=O) groups is 2. The first kappa shape index (κ1) is 23.4. The fourth-order valence-electron chi connectivity index (χ4n) is 3.81. The van der Waals surface area contributed by atoms with Gasteiger partial charge in [-0.2, -0.15) is 0 Å². The number of likely N-dealkylation sites (N-methyl/N-ethyl adjacent to an activating group) is 1. The lowest BCUT2D eigenvalue weighted by Crippen LogP contribution is -2.43. The summed E-state index contributed by atoms with van der Waals surface area (Å²) in [6.07, 6.45) is 9.25. The van der Waals surface area contributed by atoms with E-state index in [1.165, 1.54) is 6.42 Å². The number of benzene rings is 1. The van der Waals surface area contributed by atoms with Gasteiger partial charge in [0.05, 0.1) is 12.6 Å². The smallest absolute Gasteiger partial charge is 0.253 e.